The Balaban J connectivity index is 4.16. The maximum absolute atomic E-state index is 12.8. The van der Waals surface area contributed by atoms with Crippen molar-refractivity contribution in [3.8, 4) is 0 Å². The van der Waals surface area contributed by atoms with E-state index >= 15 is 0 Å². The molecule has 0 N–H and O–H groups in total. The molecule has 65 heavy (non-hydrogen) atoms. The van der Waals surface area contributed by atoms with Crippen molar-refractivity contribution in [2.75, 3.05) is 13.2 Å². The topological polar surface area (TPSA) is 78.9 Å². The fourth-order valence-corrected chi connectivity index (χ4v) is 7.32. The molecule has 0 rings (SSSR count). The third-order valence-corrected chi connectivity index (χ3v) is 11.4. The Hall–Kier alpha value is -3.41. The first-order valence-electron chi connectivity index (χ1n) is 27.1. The number of unbranched alkanes of at least 4 members (excludes halogenated alkanes) is 23. The van der Waals surface area contributed by atoms with Gasteiger partial charge in [0.25, 0.3) is 0 Å². The van der Waals surface area contributed by atoms with Gasteiger partial charge in [-0.3, -0.25) is 14.4 Å². The Morgan fingerprint density at radius 1 is 0.323 bits per heavy atom. The van der Waals surface area contributed by atoms with E-state index in [2.05, 4.69) is 106 Å². The monoisotopic (exact) mass is 905 g/mol. The number of hydrogen-bond donors (Lipinski definition) is 0. The van der Waals surface area contributed by atoms with E-state index in [0.717, 1.165) is 116 Å². The lowest BCUT2D eigenvalue weighted by atomic mass is 10.1. The van der Waals surface area contributed by atoms with E-state index < -0.39 is 6.10 Å². The van der Waals surface area contributed by atoms with Crippen LogP contribution in [-0.4, -0.2) is 37.2 Å². The van der Waals surface area contributed by atoms with Crippen molar-refractivity contribution in [1.82, 2.24) is 0 Å². The van der Waals surface area contributed by atoms with Crippen LogP contribution in [0.4, 0.5) is 0 Å². The summed E-state index contributed by atoms with van der Waals surface area (Å²) in [6, 6.07) is 0. The molecule has 0 amide bonds. The number of allylic oxidation sites excluding steroid dienone is 14. The molecule has 0 fully saturated rings. The summed E-state index contributed by atoms with van der Waals surface area (Å²) in [5.74, 6) is -0.913. The lowest BCUT2D eigenvalue weighted by Crippen LogP contribution is -2.30. The Morgan fingerprint density at radius 2 is 0.600 bits per heavy atom. The zero-order valence-electron chi connectivity index (χ0n) is 42.5. The maximum atomic E-state index is 12.8. The minimum absolute atomic E-state index is 0.0840. The molecular weight excluding hydrogens is 805 g/mol. The molecule has 1 unspecified atom stereocenters. The van der Waals surface area contributed by atoms with Crippen LogP contribution in [0.5, 0.6) is 0 Å². The molecule has 372 valence electrons. The van der Waals surface area contributed by atoms with Crippen LogP contribution in [0.25, 0.3) is 0 Å². The van der Waals surface area contributed by atoms with Gasteiger partial charge in [0.1, 0.15) is 13.2 Å². The molecule has 0 bridgehead atoms. The van der Waals surface area contributed by atoms with Crippen molar-refractivity contribution < 1.29 is 28.6 Å². The first-order valence-corrected chi connectivity index (χ1v) is 27.1. The summed E-state index contributed by atoms with van der Waals surface area (Å²) in [6.45, 7) is 6.40. The summed E-state index contributed by atoms with van der Waals surface area (Å²) in [7, 11) is 0. The first-order chi connectivity index (χ1) is 32.0. The zero-order valence-corrected chi connectivity index (χ0v) is 42.5. The van der Waals surface area contributed by atoms with Crippen molar-refractivity contribution in [3.05, 3.63) is 85.1 Å². The van der Waals surface area contributed by atoms with Gasteiger partial charge in [-0.15, -0.1) is 0 Å². The second kappa shape index (κ2) is 53.2. The Morgan fingerprint density at radius 3 is 0.969 bits per heavy atom. The SMILES string of the molecule is CC/C=C\C/C=C\C/C=C\C/C=C\CCCCCCCCCCCCC(=O)OCC(COC(=O)CCCCCCC)OC(=O)CCCCCCCC/C=C\C/C=C\C/C=C\CCCCC. The van der Waals surface area contributed by atoms with Gasteiger partial charge in [0.05, 0.1) is 0 Å². The smallest absolute Gasteiger partial charge is 0.306 e. The Bertz CT molecular complexity index is 1270. The number of hydrogen-bond acceptors (Lipinski definition) is 6. The summed E-state index contributed by atoms with van der Waals surface area (Å²) >= 11 is 0. The third kappa shape index (κ3) is 51.4. The molecule has 0 aliphatic heterocycles. The lowest BCUT2D eigenvalue weighted by molar-refractivity contribution is -0.167. The van der Waals surface area contributed by atoms with Crippen molar-refractivity contribution in [2.45, 2.75) is 258 Å². The van der Waals surface area contributed by atoms with Crippen molar-refractivity contribution in [1.29, 1.82) is 0 Å². The van der Waals surface area contributed by atoms with Crippen LogP contribution in [-0.2, 0) is 28.6 Å². The molecule has 0 saturated heterocycles. The molecule has 6 nitrogen and oxygen atoms in total. The van der Waals surface area contributed by atoms with Crippen LogP contribution in [0.3, 0.4) is 0 Å². The molecule has 0 aromatic rings. The van der Waals surface area contributed by atoms with Gasteiger partial charge in [-0.25, -0.2) is 0 Å². The number of carbonyl (C=O) groups excluding carboxylic acids is 3. The van der Waals surface area contributed by atoms with Crippen LogP contribution in [0, 0.1) is 0 Å². The molecule has 1 atom stereocenters. The van der Waals surface area contributed by atoms with E-state index in [-0.39, 0.29) is 31.1 Å². The zero-order chi connectivity index (χ0) is 47.2. The minimum atomic E-state index is -0.782. The van der Waals surface area contributed by atoms with E-state index in [4.69, 9.17) is 14.2 Å². The van der Waals surface area contributed by atoms with E-state index in [1.165, 1.54) is 96.3 Å². The minimum Gasteiger partial charge on any atom is -0.462 e. The number of ether oxygens (including phenoxy) is 3. The molecule has 0 saturated carbocycles. The molecule has 0 aromatic carbocycles. The highest BCUT2D eigenvalue weighted by molar-refractivity contribution is 5.71. The summed E-state index contributed by atoms with van der Waals surface area (Å²) in [6.07, 6.45) is 68.9. The number of carbonyl (C=O) groups is 3. The molecule has 0 spiro atoms. The van der Waals surface area contributed by atoms with Crippen molar-refractivity contribution >= 4 is 17.9 Å². The standard InChI is InChI=1S/C59H100O6/c1-4-7-10-13-15-17-19-21-23-25-27-28-29-30-32-33-35-37-39-41-43-46-49-52-58(61)64-55-56(54-63-57(60)51-48-45-12-9-6-3)65-59(62)53-50-47-44-42-40-38-36-34-31-26-24-22-20-18-16-14-11-8-5-2/h7,10,15-18,21-24,27-28,31,34,56H,4-6,8-9,11-14,19-20,25-26,29-30,32-33,35-55H2,1-3H3/b10-7-,17-15-,18-16-,23-21-,24-22-,28-27-,34-31-. The van der Waals surface area contributed by atoms with E-state index in [0.29, 0.717) is 19.3 Å². The Kier molecular flexibility index (Phi) is 50.4. The van der Waals surface area contributed by atoms with Crippen LogP contribution in [0.15, 0.2) is 85.1 Å². The van der Waals surface area contributed by atoms with E-state index in [1.807, 2.05) is 0 Å². The largest absolute Gasteiger partial charge is 0.462 e. The van der Waals surface area contributed by atoms with Crippen LogP contribution in [0.1, 0.15) is 252 Å². The fourth-order valence-electron chi connectivity index (χ4n) is 7.32. The third-order valence-electron chi connectivity index (χ3n) is 11.4. The molecule has 6 heteroatoms. The number of esters is 3. The van der Waals surface area contributed by atoms with Gasteiger partial charge in [0.2, 0.25) is 0 Å². The van der Waals surface area contributed by atoms with E-state index in [1.54, 1.807) is 0 Å². The summed E-state index contributed by atoms with van der Waals surface area (Å²) in [5, 5.41) is 0. The molecule has 0 radical (unpaired) electrons. The second-order valence-electron chi connectivity index (χ2n) is 17.8. The maximum Gasteiger partial charge on any atom is 0.306 e. The quantitative estimate of drug-likeness (QED) is 0.0262. The van der Waals surface area contributed by atoms with Crippen LogP contribution < -0.4 is 0 Å². The van der Waals surface area contributed by atoms with Gasteiger partial charge in [-0.2, -0.15) is 0 Å². The average Bonchev–Trinajstić information content (AvgIpc) is 3.30. The summed E-state index contributed by atoms with van der Waals surface area (Å²) < 4.78 is 16.7. The highest BCUT2D eigenvalue weighted by Crippen LogP contribution is 2.14. The lowest BCUT2D eigenvalue weighted by Gasteiger charge is -2.18. The van der Waals surface area contributed by atoms with Gasteiger partial charge in [-0.05, 0) is 96.3 Å². The Labute approximate surface area is 401 Å². The highest BCUT2D eigenvalue weighted by atomic mass is 16.6. The van der Waals surface area contributed by atoms with Crippen LogP contribution >= 0.6 is 0 Å². The van der Waals surface area contributed by atoms with Gasteiger partial charge >= 0.3 is 17.9 Å². The predicted octanol–water partition coefficient (Wildman–Crippen LogP) is 18.0. The highest BCUT2D eigenvalue weighted by Gasteiger charge is 2.19. The molecular formula is C59H100O6. The number of rotatable bonds is 48. The normalized spacial score (nSPS) is 12.7. The van der Waals surface area contributed by atoms with Crippen molar-refractivity contribution in [3.63, 3.8) is 0 Å². The average molecular weight is 905 g/mol. The summed E-state index contributed by atoms with van der Waals surface area (Å²) in [4.78, 5) is 37.7. The summed E-state index contributed by atoms with van der Waals surface area (Å²) in [5.41, 5.74) is 0. The van der Waals surface area contributed by atoms with Crippen molar-refractivity contribution in [2.24, 2.45) is 0 Å². The van der Waals surface area contributed by atoms with Gasteiger partial charge in [-0.1, -0.05) is 221 Å². The van der Waals surface area contributed by atoms with Crippen LogP contribution in [0.2, 0.25) is 0 Å². The van der Waals surface area contributed by atoms with Gasteiger partial charge in [0, 0.05) is 19.3 Å². The van der Waals surface area contributed by atoms with Gasteiger partial charge < -0.3 is 14.2 Å². The fraction of sp³-hybridized carbons (Fsp3) is 0.712. The molecule has 0 heterocycles. The second-order valence-corrected chi connectivity index (χ2v) is 17.8. The molecule has 0 aromatic heterocycles. The van der Waals surface area contributed by atoms with Gasteiger partial charge in [0.15, 0.2) is 6.10 Å². The molecule has 0 aliphatic carbocycles. The molecule has 0 aliphatic rings. The first kappa shape index (κ1) is 61.6. The van der Waals surface area contributed by atoms with E-state index in [9.17, 15) is 14.4 Å². The predicted molar refractivity (Wildman–Crippen MR) is 279 cm³/mol.